The van der Waals surface area contributed by atoms with E-state index in [1.807, 2.05) is 0 Å². The van der Waals surface area contributed by atoms with Crippen LogP contribution in [0.15, 0.2) is 18.2 Å². The Labute approximate surface area is 114 Å². The van der Waals surface area contributed by atoms with Crippen molar-refractivity contribution in [3.63, 3.8) is 0 Å². The van der Waals surface area contributed by atoms with E-state index in [4.69, 9.17) is 9.84 Å². The van der Waals surface area contributed by atoms with Crippen LogP contribution >= 0.6 is 0 Å². The Balaban J connectivity index is 2.92. The molecule has 1 aromatic carbocycles. The highest BCUT2D eigenvalue weighted by Crippen LogP contribution is 2.18. The van der Waals surface area contributed by atoms with Gasteiger partial charge in [0.1, 0.15) is 5.60 Å². The van der Waals surface area contributed by atoms with E-state index in [1.54, 1.807) is 20.8 Å². The largest absolute Gasteiger partial charge is 0.479 e. The molecule has 2 N–H and O–H groups in total. The maximum atomic E-state index is 13.1. The van der Waals surface area contributed by atoms with Crippen LogP contribution in [0.5, 0.6) is 0 Å². The summed E-state index contributed by atoms with van der Waals surface area (Å²) in [7, 11) is 0. The minimum Gasteiger partial charge on any atom is -0.479 e. The highest BCUT2D eigenvalue weighted by atomic mass is 19.2. The molecule has 0 radical (unpaired) electrons. The second-order valence-corrected chi connectivity index (χ2v) is 5.09. The lowest BCUT2D eigenvalue weighted by Crippen LogP contribution is -2.38. The van der Waals surface area contributed by atoms with Crippen LogP contribution in [0.3, 0.4) is 0 Å². The van der Waals surface area contributed by atoms with Crippen molar-refractivity contribution in [1.29, 1.82) is 0 Å². The molecule has 0 aliphatic rings. The third-order valence-corrected chi connectivity index (χ3v) is 2.19. The summed E-state index contributed by atoms with van der Waals surface area (Å²) < 4.78 is 30.8. The standard InChI is InChI=1S/C13H15F2NO4/c1-13(2,3)20-12(19)16-10(11(17)18)7-4-5-8(14)9(15)6-7/h4-6,10H,1-3H3,(H,16,19)(H,17,18)/t10-/m1/s1. The normalized spacial score (nSPS) is 12.7. The lowest BCUT2D eigenvalue weighted by molar-refractivity contribution is -0.139. The maximum absolute atomic E-state index is 13.1. The summed E-state index contributed by atoms with van der Waals surface area (Å²) in [6, 6.07) is 1.05. The molecule has 0 bridgehead atoms. The first kappa shape index (κ1) is 15.9. The van der Waals surface area contributed by atoms with Crippen LogP contribution in [0.2, 0.25) is 0 Å². The zero-order valence-corrected chi connectivity index (χ0v) is 11.2. The fraction of sp³-hybridized carbons (Fsp3) is 0.385. The Bertz CT molecular complexity index is 526. The summed E-state index contributed by atoms with van der Waals surface area (Å²) in [5, 5.41) is 11.1. The number of amides is 1. The van der Waals surface area contributed by atoms with Gasteiger partial charge < -0.3 is 15.2 Å². The van der Waals surface area contributed by atoms with Gasteiger partial charge in [-0.3, -0.25) is 0 Å². The second kappa shape index (κ2) is 5.85. The van der Waals surface area contributed by atoms with E-state index >= 15 is 0 Å². The van der Waals surface area contributed by atoms with E-state index < -0.39 is 35.3 Å². The van der Waals surface area contributed by atoms with Gasteiger partial charge in [-0.1, -0.05) is 6.07 Å². The smallest absolute Gasteiger partial charge is 0.408 e. The number of carboxylic acids is 1. The minimum absolute atomic E-state index is 0.0951. The molecule has 20 heavy (non-hydrogen) atoms. The van der Waals surface area contributed by atoms with E-state index in [0.29, 0.717) is 6.07 Å². The van der Waals surface area contributed by atoms with Gasteiger partial charge in [-0.05, 0) is 38.5 Å². The maximum Gasteiger partial charge on any atom is 0.408 e. The first-order valence-electron chi connectivity index (χ1n) is 5.77. The number of rotatable bonds is 3. The monoisotopic (exact) mass is 287 g/mol. The molecule has 7 heteroatoms. The zero-order chi connectivity index (χ0) is 15.5. The number of carboxylic acid groups (broad SMARTS) is 1. The zero-order valence-electron chi connectivity index (χ0n) is 11.2. The summed E-state index contributed by atoms with van der Waals surface area (Å²) in [4.78, 5) is 22.6. The summed E-state index contributed by atoms with van der Waals surface area (Å²) in [6.07, 6.45) is -0.963. The van der Waals surface area contributed by atoms with Crippen LogP contribution in [0.4, 0.5) is 13.6 Å². The molecule has 0 spiro atoms. The van der Waals surface area contributed by atoms with E-state index in [9.17, 15) is 18.4 Å². The lowest BCUT2D eigenvalue weighted by atomic mass is 10.1. The highest BCUT2D eigenvalue weighted by Gasteiger charge is 2.26. The van der Waals surface area contributed by atoms with Crippen LogP contribution in [-0.2, 0) is 9.53 Å². The predicted octanol–water partition coefficient (Wildman–Crippen LogP) is 2.62. The number of aliphatic carboxylic acids is 1. The van der Waals surface area contributed by atoms with Gasteiger partial charge in [-0.2, -0.15) is 0 Å². The number of halogens is 2. The van der Waals surface area contributed by atoms with E-state index in [2.05, 4.69) is 5.32 Å². The van der Waals surface area contributed by atoms with E-state index in [0.717, 1.165) is 12.1 Å². The first-order chi connectivity index (χ1) is 9.10. The molecule has 0 aliphatic carbocycles. The van der Waals surface area contributed by atoms with Gasteiger partial charge in [0.15, 0.2) is 17.7 Å². The van der Waals surface area contributed by atoms with Crippen LogP contribution in [0.1, 0.15) is 32.4 Å². The van der Waals surface area contributed by atoms with Crippen molar-refractivity contribution >= 4 is 12.1 Å². The van der Waals surface area contributed by atoms with Crippen molar-refractivity contribution in [3.8, 4) is 0 Å². The molecular formula is C13H15F2NO4. The molecule has 1 rings (SSSR count). The molecule has 1 amide bonds. The molecule has 5 nitrogen and oxygen atoms in total. The Morgan fingerprint density at radius 3 is 2.30 bits per heavy atom. The van der Waals surface area contributed by atoms with Gasteiger partial charge in [-0.25, -0.2) is 18.4 Å². The molecule has 0 saturated carbocycles. The molecule has 0 heterocycles. The van der Waals surface area contributed by atoms with Crippen molar-refractivity contribution in [2.45, 2.75) is 32.4 Å². The van der Waals surface area contributed by atoms with E-state index in [-0.39, 0.29) is 5.56 Å². The molecule has 0 fully saturated rings. The van der Waals surface area contributed by atoms with Gasteiger partial charge in [0.05, 0.1) is 0 Å². The summed E-state index contributed by atoms with van der Waals surface area (Å²) in [6.45, 7) is 4.83. The van der Waals surface area contributed by atoms with Crippen molar-refractivity contribution in [3.05, 3.63) is 35.4 Å². The van der Waals surface area contributed by atoms with Crippen LogP contribution in [0, 0.1) is 11.6 Å². The molecule has 0 saturated heterocycles. The number of carbonyl (C=O) groups excluding carboxylic acids is 1. The molecule has 0 unspecified atom stereocenters. The molecule has 1 aromatic rings. The number of ether oxygens (including phenoxy) is 1. The molecular weight excluding hydrogens is 272 g/mol. The van der Waals surface area contributed by atoms with Gasteiger partial charge >= 0.3 is 12.1 Å². The number of nitrogens with one attached hydrogen (secondary N) is 1. The average Bonchev–Trinajstić information content (AvgIpc) is 2.27. The molecule has 0 aromatic heterocycles. The third kappa shape index (κ3) is 4.49. The van der Waals surface area contributed by atoms with Crippen molar-refractivity contribution < 1.29 is 28.2 Å². The highest BCUT2D eigenvalue weighted by molar-refractivity contribution is 5.81. The molecule has 0 aliphatic heterocycles. The van der Waals surface area contributed by atoms with Gasteiger partial charge in [0.25, 0.3) is 0 Å². The second-order valence-electron chi connectivity index (χ2n) is 5.09. The van der Waals surface area contributed by atoms with Gasteiger partial charge in [0, 0.05) is 0 Å². The minimum atomic E-state index is -1.53. The van der Waals surface area contributed by atoms with Crippen molar-refractivity contribution in [2.75, 3.05) is 0 Å². The van der Waals surface area contributed by atoms with Crippen LogP contribution in [0.25, 0.3) is 0 Å². The predicted molar refractivity (Wildman–Crippen MR) is 66.1 cm³/mol. The molecule has 110 valence electrons. The number of hydrogen-bond donors (Lipinski definition) is 2. The Hall–Kier alpha value is -2.18. The summed E-state index contributed by atoms with van der Waals surface area (Å²) in [5.41, 5.74) is -0.900. The Morgan fingerprint density at radius 1 is 1.25 bits per heavy atom. The van der Waals surface area contributed by atoms with Crippen LogP contribution < -0.4 is 5.32 Å². The number of carbonyl (C=O) groups is 2. The topological polar surface area (TPSA) is 75.6 Å². The SMILES string of the molecule is CC(C)(C)OC(=O)N[C@@H](C(=O)O)c1ccc(F)c(F)c1. The lowest BCUT2D eigenvalue weighted by Gasteiger charge is -2.22. The fourth-order valence-corrected chi connectivity index (χ4v) is 1.40. The summed E-state index contributed by atoms with van der Waals surface area (Å²) in [5.74, 6) is -3.71. The number of alkyl carbamates (subject to hydrolysis) is 1. The van der Waals surface area contributed by atoms with E-state index in [1.165, 1.54) is 0 Å². The fourth-order valence-electron chi connectivity index (χ4n) is 1.40. The van der Waals surface area contributed by atoms with Gasteiger partial charge in [0.2, 0.25) is 0 Å². The first-order valence-corrected chi connectivity index (χ1v) is 5.77. The summed E-state index contributed by atoms with van der Waals surface area (Å²) >= 11 is 0. The third-order valence-electron chi connectivity index (χ3n) is 2.19. The number of benzene rings is 1. The quantitative estimate of drug-likeness (QED) is 0.896. The average molecular weight is 287 g/mol. The Kier molecular flexibility index (Phi) is 4.65. The molecule has 1 atom stereocenters. The van der Waals surface area contributed by atoms with Gasteiger partial charge in [-0.15, -0.1) is 0 Å². The number of hydrogen-bond acceptors (Lipinski definition) is 3. The Morgan fingerprint density at radius 2 is 1.85 bits per heavy atom. The van der Waals surface area contributed by atoms with Crippen molar-refractivity contribution in [1.82, 2.24) is 5.32 Å². The van der Waals surface area contributed by atoms with Crippen molar-refractivity contribution in [2.24, 2.45) is 0 Å². The van der Waals surface area contributed by atoms with Crippen LogP contribution in [-0.4, -0.2) is 22.8 Å².